The van der Waals surface area contributed by atoms with Crippen molar-refractivity contribution in [2.24, 2.45) is 5.10 Å². The third kappa shape index (κ3) is 3.34. The summed E-state index contributed by atoms with van der Waals surface area (Å²) in [6.45, 7) is 0. The molecule has 2 aromatic carbocycles. The molecule has 0 fully saturated rings. The highest BCUT2D eigenvalue weighted by molar-refractivity contribution is 5.92. The van der Waals surface area contributed by atoms with E-state index in [-0.39, 0.29) is 10.9 Å². The van der Waals surface area contributed by atoms with Crippen LogP contribution in [0.1, 0.15) is 11.1 Å². The minimum Gasteiger partial charge on any atom is -0.278 e. The van der Waals surface area contributed by atoms with Gasteiger partial charge in [-0.15, -0.1) is 0 Å². The van der Waals surface area contributed by atoms with Crippen LogP contribution < -0.4 is 5.43 Å². The summed E-state index contributed by atoms with van der Waals surface area (Å²) in [4.78, 5) is 4.03. The number of nitrogens with one attached hydrogen (secondary N) is 1. The lowest BCUT2D eigenvalue weighted by Crippen LogP contribution is -2.05. The molecule has 3 aromatic rings. The van der Waals surface area contributed by atoms with Crippen LogP contribution in [0.25, 0.3) is 10.9 Å². The predicted molar refractivity (Wildman–Crippen MR) is 84.4 cm³/mol. The molecular weight excluding hydrogens is 322 g/mol. The van der Waals surface area contributed by atoms with Crippen molar-refractivity contribution in [3.05, 3.63) is 71.7 Å². The number of benzene rings is 2. The molecule has 3 rings (SSSR count). The number of hydrogen-bond acceptors (Lipinski definition) is 3. The molecule has 122 valence electrons. The number of anilines is 1. The number of fused-ring (bicyclic) bond motifs is 1. The molecule has 3 nitrogen and oxygen atoms in total. The third-order valence-electron chi connectivity index (χ3n) is 3.36. The number of pyridine rings is 1. The lowest BCUT2D eigenvalue weighted by atomic mass is 10.1. The number of halogens is 4. The van der Waals surface area contributed by atoms with Crippen molar-refractivity contribution >= 4 is 22.8 Å². The van der Waals surface area contributed by atoms with E-state index in [1.807, 2.05) is 0 Å². The van der Waals surface area contributed by atoms with Gasteiger partial charge in [0.1, 0.15) is 5.82 Å². The summed E-state index contributed by atoms with van der Waals surface area (Å²) in [6, 6.07) is 10.8. The Kier molecular flexibility index (Phi) is 4.16. The van der Waals surface area contributed by atoms with Crippen LogP contribution in [0, 0.1) is 5.82 Å². The summed E-state index contributed by atoms with van der Waals surface area (Å²) in [5.41, 5.74) is 2.87. The number of hydrogen-bond donors (Lipinski definition) is 1. The molecule has 7 heteroatoms. The molecule has 1 N–H and O–H groups in total. The highest BCUT2D eigenvalue weighted by Gasteiger charge is 2.30. The van der Waals surface area contributed by atoms with Crippen LogP contribution in [-0.2, 0) is 6.18 Å². The lowest BCUT2D eigenvalue weighted by Gasteiger charge is -2.10. The van der Waals surface area contributed by atoms with E-state index in [2.05, 4.69) is 15.5 Å². The van der Waals surface area contributed by atoms with Crippen LogP contribution in [0.4, 0.5) is 23.2 Å². The first kappa shape index (κ1) is 15.9. The van der Waals surface area contributed by atoms with Gasteiger partial charge < -0.3 is 0 Å². The molecule has 0 radical (unpaired) electrons. The van der Waals surface area contributed by atoms with Crippen molar-refractivity contribution in [3.8, 4) is 0 Å². The van der Waals surface area contributed by atoms with E-state index >= 15 is 0 Å². The molecule has 0 saturated heterocycles. The van der Waals surface area contributed by atoms with Crippen LogP contribution in [0.15, 0.2) is 59.8 Å². The number of rotatable bonds is 3. The Bertz CT molecular complexity index is 904. The topological polar surface area (TPSA) is 37.3 Å². The van der Waals surface area contributed by atoms with Gasteiger partial charge in [0.2, 0.25) is 0 Å². The van der Waals surface area contributed by atoms with Gasteiger partial charge in [0.15, 0.2) is 0 Å². The summed E-state index contributed by atoms with van der Waals surface area (Å²) < 4.78 is 52.1. The first-order valence-corrected chi connectivity index (χ1v) is 6.95. The molecule has 0 aliphatic rings. The predicted octanol–water partition coefficient (Wildman–Crippen LogP) is 4.84. The molecule has 24 heavy (non-hydrogen) atoms. The van der Waals surface area contributed by atoms with Gasteiger partial charge in [0.25, 0.3) is 0 Å². The maximum atomic E-state index is 13.5. The van der Waals surface area contributed by atoms with Crippen LogP contribution in [0.3, 0.4) is 0 Å². The Morgan fingerprint density at radius 1 is 1.04 bits per heavy atom. The fourth-order valence-electron chi connectivity index (χ4n) is 2.17. The molecule has 0 atom stereocenters. The number of aromatic nitrogens is 1. The quantitative estimate of drug-likeness (QED) is 0.423. The number of hydrazone groups is 1. The second-order valence-electron chi connectivity index (χ2n) is 4.98. The minimum absolute atomic E-state index is 0.263. The lowest BCUT2D eigenvalue weighted by molar-refractivity contribution is -0.137. The Morgan fingerprint density at radius 2 is 1.83 bits per heavy atom. The molecule has 0 spiro atoms. The van der Waals surface area contributed by atoms with Crippen molar-refractivity contribution < 1.29 is 17.6 Å². The molecule has 0 amide bonds. The van der Waals surface area contributed by atoms with Crippen LogP contribution in [-0.4, -0.2) is 11.2 Å². The molecule has 0 aliphatic carbocycles. The Hall–Kier alpha value is -2.96. The number of alkyl halides is 3. The van der Waals surface area contributed by atoms with Crippen LogP contribution in [0.5, 0.6) is 0 Å². The second kappa shape index (κ2) is 6.27. The number of nitrogens with zero attached hydrogens (tertiary/aromatic N) is 2. The first-order valence-electron chi connectivity index (χ1n) is 6.95. The Labute approximate surface area is 134 Å². The summed E-state index contributed by atoms with van der Waals surface area (Å²) in [7, 11) is 0. The van der Waals surface area contributed by atoms with Gasteiger partial charge in [-0.25, -0.2) is 4.39 Å². The Morgan fingerprint density at radius 3 is 2.58 bits per heavy atom. The maximum absolute atomic E-state index is 13.5. The average molecular weight is 333 g/mol. The SMILES string of the molecule is Fc1ccccc1/C=N/Nc1ccnc2ccc(C(F)(F)F)cc12. The summed E-state index contributed by atoms with van der Waals surface area (Å²) in [5.74, 6) is -0.443. The highest BCUT2D eigenvalue weighted by atomic mass is 19.4. The van der Waals surface area contributed by atoms with Crippen molar-refractivity contribution in [1.29, 1.82) is 0 Å². The van der Waals surface area contributed by atoms with Gasteiger partial charge in [-0.2, -0.15) is 18.3 Å². The summed E-state index contributed by atoms with van der Waals surface area (Å²) >= 11 is 0. The van der Waals surface area contributed by atoms with Crippen molar-refractivity contribution in [1.82, 2.24) is 4.98 Å². The zero-order chi connectivity index (χ0) is 17.2. The Balaban J connectivity index is 1.93. The minimum atomic E-state index is -4.45. The normalized spacial score (nSPS) is 12.0. The third-order valence-corrected chi connectivity index (χ3v) is 3.36. The monoisotopic (exact) mass is 333 g/mol. The largest absolute Gasteiger partial charge is 0.416 e. The van der Waals surface area contributed by atoms with Gasteiger partial charge in [-0.05, 0) is 30.3 Å². The van der Waals surface area contributed by atoms with Crippen LogP contribution in [0.2, 0.25) is 0 Å². The van der Waals surface area contributed by atoms with E-state index in [9.17, 15) is 17.6 Å². The van der Waals surface area contributed by atoms with Crippen LogP contribution >= 0.6 is 0 Å². The molecule has 0 saturated carbocycles. The average Bonchev–Trinajstić information content (AvgIpc) is 2.55. The van der Waals surface area contributed by atoms with Crippen molar-refractivity contribution in [2.75, 3.05) is 5.43 Å². The van der Waals surface area contributed by atoms with Gasteiger partial charge in [-0.3, -0.25) is 10.4 Å². The summed E-state index contributed by atoms with van der Waals surface area (Å²) in [6.07, 6.45) is -1.73. The molecule has 1 heterocycles. The van der Waals surface area contributed by atoms with Crippen molar-refractivity contribution in [3.63, 3.8) is 0 Å². The van der Waals surface area contributed by atoms with E-state index < -0.39 is 17.6 Å². The maximum Gasteiger partial charge on any atom is 0.416 e. The fraction of sp³-hybridized carbons (Fsp3) is 0.0588. The zero-order valence-electron chi connectivity index (χ0n) is 12.2. The van der Waals surface area contributed by atoms with E-state index in [0.717, 1.165) is 12.1 Å². The first-order chi connectivity index (χ1) is 11.4. The smallest absolute Gasteiger partial charge is 0.278 e. The standard InChI is InChI=1S/C17H11F4N3/c18-14-4-2-1-3-11(14)10-23-24-16-7-8-22-15-6-5-12(9-13(15)16)17(19,20)21/h1-10H,(H,22,24)/b23-10+. The van der Waals surface area contributed by atoms with E-state index in [1.165, 1.54) is 36.7 Å². The van der Waals surface area contributed by atoms with Gasteiger partial charge in [-0.1, -0.05) is 18.2 Å². The van der Waals surface area contributed by atoms with E-state index in [4.69, 9.17) is 0 Å². The van der Waals surface area contributed by atoms with E-state index in [0.29, 0.717) is 11.2 Å². The zero-order valence-corrected chi connectivity index (χ0v) is 12.2. The van der Waals surface area contributed by atoms with Crippen molar-refractivity contribution in [2.45, 2.75) is 6.18 Å². The molecule has 1 aromatic heterocycles. The fourth-order valence-corrected chi connectivity index (χ4v) is 2.17. The van der Waals surface area contributed by atoms with E-state index in [1.54, 1.807) is 12.1 Å². The van der Waals surface area contributed by atoms with Gasteiger partial charge >= 0.3 is 6.18 Å². The highest BCUT2D eigenvalue weighted by Crippen LogP contribution is 2.33. The molecule has 0 bridgehead atoms. The molecule has 0 aliphatic heterocycles. The van der Waals surface area contributed by atoms with Gasteiger partial charge in [0, 0.05) is 17.1 Å². The summed E-state index contributed by atoms with van der Waals surface area (Å²) in [5, 5.41) is 4.17. The molecular formula is C17H11F4N3. The van der Waals surface area contributed by atoms with Gasteiger partial charge in [0.05, 0.1) is 23.0 Å². The molecule has 0 unspecified atom stereocenters. The second-order valence-corrected chi connectivity index (χ2v) is 4.98.